The summed E-state index contributed by atoms with van der Waals surface area (Å²) in [6.07, 6.45) is 3.13. The van der Waals surface area contributed by atoms with Crippen LogP contribution in [0.4, 0.5) is 11.6 Å². The first-order valence-corrected chi connectivity index (χ1v) is 4.97. The molecular formula is C10H18N4O. The van der Waals surface area contributed by atoms with Crippen LogP contribution >= 0.6 is 0 Å². The molecule has 84 valence electrons. The first kappa shape index (κ1) is 11.7. The minimum atomic E-state index is -0.751. The van der Waals surface area contributed by atoms with E-state index < -0.39 is 5.60 Å². The summed E-state index contributed by atoms with van der Waals surface area (Å²) in [7, 11) is 0. The predicted molar refractivity (Wildman–Crippen MR) is 60.6 cm³/mol. The maximum absolute atomic E-state index is 9.72. The van der Waals surface area contributed by atoms with Gasteiger partial charge in [-0.3, -0.25) is 0 Å². The molecule has 0 fully saturated rings. The summed E-state index contributed by atoms with van der Waals surface area (Å²) in [6, 6.07) is 0. The van der Waals surface area contributed by atoms with Gasteiger partial charge in [0.15, 0.2) is 0 Å². The van der Waals surface area contributed by atoms with Crippen molar-refractivity contribution in [3.63, 3.8) is 0 Å². The van der Waals surface area contributed by atoms with Gasteiger partial charge in [-0.15, -0.1) is 0 Å². The second kappa shape index (κ2) is 4.44. The number of nitrogen functional groups attached to an aromatic ring is 1. The molecule has 0 aliphatic heterocycles. The lowest BCUT2D eigenvalue weighted by molar-refractivity contribution is 0.0874. The van der Waals surface area contributed by atoms with Crippen LogP contribution in [0.2, 0.25) is 0 Å². The normalized spacial score (nSPS) is 11.5. The van der Waals surface area contributed by atoms with Crippen LogP contribution in [-0.2, 0) is 0 Å². The number of rotatable bonds is 4. The van der Waals surface area contributed by atoms with Crippen molar-refractivity contribution in [1.29, 1.82) is 0 Å². The highest BCUT2D eigenvalue weighted by Crippen LogP contribution is 2.13. The number of anilines is 2. The Kier molecular flexibility index (Phi) is 3.47. The van der Waals surface area contributed by atoms with Crippen molar-refractivity contribution in [2.75, 3.05) is 23.7 Å². The Morgan fingerprint density at radius 1 is 1.40 bits per heavy atom. The van der Waals surface area contributed by atoms with Crippen LogP contribution in [0, 0.1) is 0 Å². The van der Waals surface area contributed by atoms with Gasteiger partial charge in [0.1, 0.15) is 11.6 Å². The summed E-state index contributed by atoms with van der Waals surface area (Å²) >= 11 is 0. The minimum Gasteiger partial charge on any atom is -0.389 e. The summed E-state index contributed by atoms with van der Waals surface area (Å²) in [4.78, 5) is 10.1. The van der Waals surface area contributed by atoms with E-state index in [4.69, 9.17) is 5.73 Å². The molecule has 1 rings (SSSR count). The van der Waals surface area contributed by atoms with Gasteiger partial charge in [-0.1, -0.05) is 0 Å². The zero-order valence-corrected chi connectivity index (χ0v) is 9.44. The van der Waals surface area contributed by atoms with Gasteiger partial charge < -0.3 is 15.7 Å². The summed E-state index contributed by atoms with van der Waals surface area (Å²) in [6.45, 7) is 6.81. The van der Waals surface area contributed by atoms with Crippen molar-refractivity contribution in [2.24, 2.45) is 0 Å². The second-order valence-electron chi connectivity index (χ2n) is 4.13. The third kappa shape index (κ3) is 3.71. The maximum atomic E-state index is 9.72. The molecule has 0 aromatic carbocycles. The number of aliphatic hydroxyl groups is 1. The van der Waals surface area contributed by atoms with Crippen molar-refractivity contribution in [3.8, 4) is 0 Å². The monoisotopic (exact) mass is 210 g/mol. The molecule has 0 atom stereocenters. The van der Waals surface area contributed by atoms with Crippen LogP contribution in [0.1, 0.15) is 20.8 Å². The van der Waals surface area contributed by atoms with E-state index in [0.29, 0.717) is 12.4 Å². The Hall–Kier alpha value is -1.36. The topological polar surface area (TPSA) is 75.3 Å². The Morgan fingerprint density at radius 2 is 2.07 bits per heavy atom. The predicted octanol–water partition coefficient (Wildman–Crippen LogP) is 0.656. The zero-order valence-electron chi connectivity index (χ0n) is 9.44. The van der Waals surface area contributed by atoms with E-state index in [2.05, 4.69) is 9.97 Å². The molecule has 5 heteroatoms. The highest BCUT2D eigenvalue weighted by molar-refractivity contribution is 5.39. The molecule has 0 spiro atoms. The molecule has 0 aliphatic carbocycles. The lowest BCUT2D eigenvalue weighted by Crippen LogP contribution is -2.39. The molecule has 15 heavy (non-hydrogen) atoms. The molecule has 0 aliphatic rings. The highest BCUT2D eigenvalue weighted by atomic mass is 16.3. The summed E-state index contributed by atoms with van der Waals surface area (Å²) in [5.41, 5.74) is 4.70. The van der Waals surface area contributed by atoms with Gasteiger partial charge in [0, 0.05) is 13.1 Å². The number of likely N-dealkylation sites (N-methyl/N-ethyl adjacent to an activating group) is 1. The average molecular weight is 210 g/mol. The van der Waals surface area contributed by atoms with E-state index in [-0.39, 0.29) is 0 Å². The van der Waals surface area contributed by atoms with Gasteiger partial charge in [-0.05, 0) is 20.8 Å². The van der Waals surface area contributed by atoms with Crippen molar-refractivity contribution in [2.45, 2.75) is 26.4 Å². The maximum Gasteiger partial charge on any atom is 0.147 e. The lowest BCUT2D eigenvalue weighted by atomic mass is 10.1. The van der Waals surface area contributed by atoms with Gasteiger partial charge in [-0.2, -0.15) is 0 Å². The average Bonchev–Trinajstić information content (AvgIpc) is 2.14. The van der Waals surface area contributed by atoms with Crippen LogP contribution in [-0.4, -0.2) is 33.8 Å². The molecule has 5 nitrogen and oxygen atoms in total. The fourth-order valence-corrected chi connectivity index (χ4v) is 1.32. The van der Waals surface area contributed by atoms with Crippen molar-refractivity contribution >= 4 is 11.6 Å². The first-order valence-electron chi connectivity index (χ1n) is 4.97. The Labute approximate surface area is 90.0 Å². The van der Waals surface area contributed by atoms with E-state index in [1.54, 1.807) is 20.0 Å². The smallest absolute Gasteiger partial charge is 0.147 e. The van der Waals surface area contributed by atoms with Crippen molar-refractivity contribution in [3.05, 3.63) is 12.4 Å². The highest BCUT2D eigenvalue weighted by Gasteiger charge is 2.18. The van der Waals surface area contributed by atoms with Crippen LogP contribution in [0.25, 0.3) is 0 Å². The molecule has 0 amide bonds. The molecule has 0 unspecified atom stereocenters. The summed E-state index contributed by atoms with van der Waals surface area (Å²) in [5.74, 6) is 1.13. The number of aromatic nitrogens is 2. The molecule has 0 radical (unpaired) electrons. The molecule has 1 heterocycles. The largest absolute Gasteiger partial charge is 0.389 e. The molecule has 0 bridgehead atoms. The molecule has 0 saturated heterocycles. The standard InChI is InChI=1S/C10H18N4O/c1-4-14(7-10(2,3)15)9-6-12-8(11)5-13-9/h5-6,15H,4,7H2,1-3H3,(H2,11,12). The second-order valence-corrected chi connectivity index (χ2v) is 4.13. The van der Waals surface area contributed by atoms with E-state index in [1.165, 1.54) is 6.20 Å². The number of hydrogen-bond donors (Lipinski definition) is 2. The summed E-state index contributed by atoms with van der Waals surface area (Å²) in [5, 5.41) is 9.72. The molecular weight excluding hydrogens is 192 g/mol. The Bertz CT molecular complexity index is 304. The Morgan fingerprint density at radius 3 is 2.47 bits per heavy atom. The lowest BCUT2D eigenvalue weighted by Gasteiger charge is -2.28. The molecule has 3 N–H and O–H groups in total. The Balaban J connectivity index is 2.79. The number of nitrogens with two attached hydrogens (primary N) is 1. The van der Waals surface area contributed by atoms with Crippen LogP contribution in [0.5, 0.6) is 0 Å². The van der Waals surface area contributed by atoms with E-state index in [1.807, 2.05) is 11.8 Å². The first-order chi connectivity index (χ1) is 6.92. The number of hydrogen-bond acceptors (Lipinski definition) is 5. The van der Waals surface area contributed by atoms with E-state index in [0.717, 1.165) is 12.4 Å². The SMILES string of the molecule is CCN(CC(C)(C)O)c1cnc(N)cn1. The van der Waals surface area contributed by atoms with Gasteiger partial charge in [0.05, 0.1) is 18.0 Å². The van der Waals surface area contributed by atoms with Crippen LogP contribution in [0.15, 0.2) is 12.4 Å². The van der Waals surface area contributed by atoms with Gasteiger partial charge in [0.25, 0.3) is 0 Å². The fourth-order valence-electron chi connectivity index (χ4n) is 1.32. The molecule has 1 aromatic heterocycles. The van der Waals surface area contributed by atoms with Crippen LogP contribution in [0.3, 0.4) is 0 Å². The third-order valence-electron chi connectivity index (χ3n) is 1.94. The van der Waals surface area contributed by atoms with E-state index >= 15 is 0 Å². The zero-order chi connectivity index (χ0) is 11.5. The minimum absolute atomic E-state index is 0.401. The van der Waals surface area contributed by atoms with Crippen LogP contribution < -0.4 is 10.6 Å². The van der Waals surface area contributed by atoms with Gasteiger partial charge in [0.2, 0.25) is 0 Å². The number of nitrogens with zero attached hydrogens (tertiary/aromatic N) is 3. The molecule has 0 saturated carbocycles. The van der Waals surface area contributed by atoms with Crippen molar-refractivity contribution < 1.29 is 5.11 Å². The van der Waals surface area contributed by atoms with Crippen molar-refractivity contribution in [1.82, 2.24) is 9.97 Å². The van der Waals surface area contributed by atoms with Gasteiger partial charge in [-0.25, -0.2) is 9.97 Å². The van der Waals surface area contributed by atoms with Gasteiger partial charge >= 0.3 is 0 Å². The quantitative estimate of drug-likeness (QED) is 0.763. The fraction of sp³-hybridized carbons (Fsp3) is 0.600. The molecule has 1 aromatic rings. The van der Waals surface area contributed by atoms with E-state index in [9.17, 15) is 5.11 Å². The summed E-state index contributed by atoms with van der Waals surface area (Å²) < 4.78 is 0. The third-order valence-corrected chi connectivity index (χ3v) is 1.94.